The van der Waals surface area contributed by atoms with E-state index < -0.39 is 11.3 Å². The highest BCUT2D eigenvalue weighted by Crippen LogP contribution is 2.21. The van der Waals surface area contributed by atoms with Gasteiger partial charge in [0.15, 0.2) is 0 Å². The Morgan fingerprint density at radius 2 is 2.23 bits per heavy atom. The number of alkyl halides is 1. The van der Waals surface area contributed by atoms with Crippen molar-refractivity contribution in [1.82, 2.24) is 0 Å². The molecule has 0 radical (unpaired) electrons. The highest BCUT2D eigenvalue weighted by atomic mass is 35.5. The first-order chi connectivity index (χ1) is 6.02. The van der Waals surface area contributed by atoms with Crippen LogP contribution < -0.4 is 5.73 Å². The van der Waals surface area contributed by atoms with Gasteiger partial charge in [0.2, 0.25) is 5.91 Å². The van der Waals surface area contributed by atoms with Crippen molar-refractivity contribution >= 4 is 17.5 Å². The van der Waals surface area contributed by atoms with Crippen LogP contribution in [-0.4, -0.2) is 5.91 Å². The van der Waals surface area contributed by atoms with E-state index in [1.165, 1.54) is 6.07 Å². The quantitative estimate of drug-likeness (QED) is 0.730. The van der Waals surface area contributed by atoms with Gasteiger partial charge in [-0.25, -0.2) is 4.39 Å². The Morgan fingerprint density at radius 3 is 2.69 bits per heavy atom. The maximum absolute atomic E-state index is 13.0. The van der Waals surface area contributed by atoms with Gasteiger partial charge in [-0.3, -0.25) is 4.79 Å². The van der Waals surface area contributed by atoms with E-state index >= 15 is 0 Å². The van der Waals surface area contributed by atoms with Crippen LogP contribution in [0.3, 0.4) is 0 Å². The number of halogens is 2. The number of amides is 1. The van der Waals surface area contributed by atoms with E-state index in [-0.39, 0.29) is 5.82 Å². The minimum Gasteiger partial charge on any atom is -0.368 e. The summed E-state index contributed by atoms with van der Waals surface area (Å²) in [6.45, 7) is 1.63. The van der Waals surface area contributed by atoms with E-state index in [0.717, 1.165) is 0 Å². The minimum absolute atomic E-state index is 0.385. The molecule has 2 N–H and O–H groups in total. The van der Waals surface area contributed by atoms with Gasteiger partial charge in [0.05, 0.1) is 0 Å². The Labute approximate surface area is 80.5 Å². The van der Waals surface area contributed by atoms with Gasteiger partial charge in [-0.1, -0.05) is 12.1 Å². The Kier molecular flexibility index (Phi) is 2.88. The molecule has 1 amide bonds. The number of nitrogens with two attached hydrogens (primary N) is 1. The predicted molar refractivity (Wildman–Crippen MR) is 48.9 cm³/mol. The number of primary amides is 1. The first-order valence-electron chi connectivity index (χ1n) is 3.72. The van der Waals surface area contributed by atoms with Crippen LogP contribution in [-0.2, 0) is 4.79 Å². The average molecular weight is 202 g/mol. The number of rotatable bonds is 2. The van der Waals surface area contributed by atoms with Crippen LogP contribution in [0.1, 0.15) is 16.5 Å². The number of aryl methyl sites for hydroxylation is 1. The molecule has 0 aliphatic heterocycles. The summed E-state index contributed by atoms with van der Waals surface area (Å²) < 4.78 is 13.0. The van der Waals surface area contributed by atoms with Crippen LogP contribution in [0.15, 0.2) is 18.2 Å². The van der Waals surface area contributed by atoms with Gasteiger partial charge in [-0.2, -0.15) is 0 Å². The molecule has 1 unspecified atom stereocenters. The summed E-state index contributed by atoms with van der Waals surface area (Å²) >= 11 is 5.62. The fourth-order valence-corrected chi connectivity index (χ4v) is 1.07. The summed E-state index contributed by atoms with van der Waals surface area (Å²) in [7, 11) is 0. The number of carbonyl (C=O) groups excluding carboxylic acids is 1. The summed E-state index contributed by atoms with van der Waals surface area (Å²) in [5, 5.41) is -0.963. The Balaban J connectivity index is 3.03. The van der Waals surface area contributed by atoms with Crippen molar-refractivity contribution in [2.75, 3.05) is 0 Å². The van der Waals surface area contributed by atoms with Crippen molar-refractivity contribution in [3.05, 3.63) is 35.1 Å². The monoisotopic (exact) mass is 201 g/mol. The molecule has 2 nitrogen and oxygen atoms in total. The molecule has 13 heavy (non-hydrogen) atoms. The summed E-state index contributed by atoms with van der Waals surface area (Å²) in [6, 6.07) is 4.36. The lowest BCUT2D eigenvalue weighted by Crippen LogP contribution is -2.17. The molecule has 1 aromatic rings. The molecule has 0 spiro atoms. The molecule has 70 valence electrons. The van der Waals surface area contributed by atoms with Crippen molar-refractivity contribution in [2.45, 2.75) is 12.3 Å². The zero-order valence-corrected chi connectivity index (χ0v) is 7.81. The van der Waals surface area contributed by atoms with Crippen LogP contribution in [0.2, 0.25) is 0 Å². The van der Waals surface area contributed by atoms with Crippen LogP contribution >= 0.6 is 11.6 Å². The molecule has 1 aromatic carbocycles. The van der Waals surface area contributed by atoms with Crippen molar-refractivity contribution in [3.63, 3.8) is 0 Å². The number of benzene rings is 1. The van der Waals surface area contributed by atoms with Gasteiger partial charge in [0.25, 0.3) is 0 Å². The van der Waals surface area contributed by atoms with Crippen molar-refractivity contribution in [1.29, 1.82) is 0 Å². The molecule has 0 aromatic heterocycles. The lowest BCUT2D eigenvalue weighted by atomic mass is 10.1. The summed E-state index contributed by atoms with van der Waals surface area (Å²) in [4.78, 5) is 10.7. The molecular weight excluding hydrogens is 193 g/mol. The summed E-state index contributed by atoms with van der Waals surface area (Å²) in [5.74, 6) is -1.06. The third-order valence-corrected chi connectivity index (χ3v) is 2.21. The first kappa shape index (κ1) is 9.99. The van der Waals surface area contributed by atoms with Gasteiger partial charge in [-0.15, -0.1) is 11.6 Å². The molecule has 0 heterocycles. The smallest absolute Gasteiger partial charge is 0.240 e. The van der Waals surface area contributed by atoms with Crippen molar-refractivity contribution in [2.24, 2.45) is 5.73 Å². The molecule has 0 saturated carbocycles. The van der Waals surface area contributed by atoms with E-state index in [1.807, 2.05) is 0 Å². The lowest BCUT2D eigenvalue weighted by Gasteiger charge is -2.06. The number of carbonyl (C=O) groups is 1. The molecule has 4 heteroatoms. The third-order valence-electron chi connectivity index (χ3n) is 1.74. The topological polar surface area (TPSA) is 43.1 Å². The van der Waals surface area contributed by atoms with Gasteiger partial charge in [0, 0.05) is 0 Å². The van der Waals surface area contributed by atoms with Crippen molar-refractivity contribution in [3.8, 4) is 0 Å². The fourth-order valence-electron chi connectivity index (χ4n) is 0.931. The Morgan fingerprint density at radius 1 is 1.62 bits per heavy atom. The van der Waals surface area contributed by atoms with E-state index in [1.54, 1.807) is 19.1 Å². The zero-order chi connectivity index (χ0) is 10.0. The second kappa shape index (κ2) is 3.75. The highest BCUT2D eigenvalue weighted by molar-refractivity contribution is 6.30. The Bertz CT molecular complexity index is 340. The van der Waals surface area contributed by atoms with Gasteiger partial charge in [-0.05, 0) is 24.1 Å². The SMILES string of the molecule is Cc1ccc(C(Cl)C(N)=O)cc1F. The minimum atomic E-state index is -0.963. The van der Waals surface area contributed by atoms with E-state index in [4.69, 9.17) is 17.3 Å². The Hall–Kier alpha value is -1.09. The van der Waals surface area contributed by atoms with Gasteiger partial charge < -0.3 is 5.73 Å². The zero-order valence-electron chi connectivity index (χ0n) is 7.05. The maximum atomic E-state index is 13.0. The number of hydrogen-bond acceptors (Lipinski definition) is 1. The molecule has 0 fully saturated rings. The number of hydrogen-bond donors (Lipinski definition) is 1. The molecule has 1 atom stereocenters. The standard InChI is InChI=1S/C9H9ClFNO/c1-5-2-3-6(4-7(5)11)8(10)9(12)13/h2-4,8H,1H3,(H2,12,13). The maximum Gasteiger partial charge on any atom is 0.240 e. The van der Waals surface area contributed by atoms with Crippen LogP contribution in [0.25, 0.3) is 0 Å². The predicted octanol–water partition coefficient (Wildman–Crippen LogP) is 1.90. The summed E-state index contributed by atoms with van der Waals surface area (Å²) in [5.41, 5.74) is 5.86. The molecule has 0 saturated heterocycles. The van der Waals surface area contributed by atoms with E-state index in [9.17, 15) is 9.18 Å². The molecule has 0 aliphatic carbocycles. The second-order valence-electron chi connectivity index (χ2n) is 2.77. The average Bonchev–Trinajstić information content (AvgIpc) is 2.08. The third kappa shape index (κ3) is 2.18. The fraction of sp³-hybridized carbons (Fsp3) is 0.222. The molecule has 0 aliphatic rings. The van der Waals surface area contributed by atoms with Gasteiger partial charge >= 0.3 is 0 Å². The van der Waals surface area contributed by atoms with Crippen LogP contribution in [0.4, 0.5) is 4.39 Å². The van der Waals surface area contributed by atoms with Crippen LogP contribution in [0, 0.1) is 12.7 Å². The summed E-state index contributed by atoms with van der Waals surface area (Å²) in [6.07, 6.45) is 0. The normalized spacial score (nSPS) is 12.5. The van der Waals surface area contributed by atoms with Crippen molar-refractivity contribution < 1.29 is 9.18 Å². The van der Waals surface area contributed by atoms with Crippen LogP contribution in [0.5, 0.6) is 0 Å². The first-order valence-corrected chi connectivity index (χ1v) is 4.15. The largest absolute Gasteiger partial charge is 0.368 e. The lowest BCUT2D eigenvalue weighted by molar-refractivity contribution is -0.117. The van der Waals surface area contributed by atoms with Gasteiger partial charge in [0.1, 0.15) is 11.2 Å². The molecular formula is C9H9ClFNO. The second-order valence-corrected chi connectivity index (χ2v) is 3.21. The molecule has 1 rings (SSSR count). The molecule has 0 bridgehead atoms. The highest BCUT2D eigenvalue weighted by Gasteiger charge is 2.14. The van der Waals surface area contributed by atoms with E-state index in [2.05, 4.69) is 0 Å². The van der Waals surface area contributed by atoms with E-state index in [0.29, 0.717) is 11.1 Å².